The van der Waals surface area contributed by atoms with Crippen LogP contribution in [0.3, 0.4) is 0 Å². The molecule has 1 aromatic carbocycles. The third kappa shape index (κ3) is 3.10. The highest BCUT2D eigenvalue weighted by Gasteiger charge is 2.24. The van der Waals surface area contributed by atoms with Gasteiger partial charge in [-0.2, -0.15) is 0 Å². The van der Waals surface area contributed by atoms with Crippen molar-refractivity contribution in [1.82, 2.24) is 14.9 Å². The van der Waals surface area contributed by atoms with Crippen molar-refractivity contribution in [1.29, 1.82) is 0 Å². The van der Waals surface area contributed by atoms with Gasteiger partial charge in [0.15, 0.2) is 0 Å². The third-order valence-electron chi connectivity index (χ3n) is 4.73. The van der Waals surface area contributed by atoms with Gasteiger partial charge >= 0.3 is 0 Å². The molecule has 0 saturated carbocycles. The number of hydrogen-bond acceptors (Lipinski definition) is 6. The van der Waals surface area contributed by atoms with Crippen LogP contribution in [0.25, 0.3) is 10.2 Å². The molecule has 4 rings (SSSR count). The highest BCUT2D eigenvalue weighted by atomic mass is 32.1. The zero-order valence-corrected chi connectivity index (χ0v) is 15.5. The minimum absolute atomic E-state index is 0.0567. The van der Waals surface area contributed by atoms with Crippen LogP contribution in [0.4, 0.5) is 11.5 Å². The number of aromatic nitrogens is 2. The van der Waals surface area contributed by atoms with E-state index in [9.17, 15) is 4.79 Å². The van der Waals surface area contributed by atoms with E-state index >= 15 is 0 Å². The van der Waals surface area contributed by atoms with Crippen LogP contribution in [0.15, 0.2) is 36.7 Å². The average Bonchev–Trinajstić information content (AvgIpc) is 3.11. The minimum atomic E-state index is 0.0567. The van der Waals surface area contributed by atoms with Crippen molar-refractivity contribution < 1.29 is 4.79 Å². The molecular weight excluding hydrogens is 346 g/mol. The molecule has 0 unspecified atom stereocenters. The van der Waals surface area contributed by atoms with Crippen LogP contribution in [-0.2, 0) is 6.42 Å². The van der Waals surface area contributed by atoms with E-state index in [1.165, 1.54) is 4.88 Å². The Morgan fingerprint density at radius 2 is 1.88 bits per heavy atom. The second-order valence-electron chi connectivity index (χ2n) is 6.38. The highest BCUT2D eigenvalue weighted by molar-refractivity contribution is 7.18. The Balaban J connectivity index is 1.49. The first-order chi connectivity index (χ1) is 12.7. The van der Waals surface area contributed by atoms with E-state index in [2.05, 4.69) is 27.9 Å². The van der Waals surface area contributed by atoms with Crippen LogP contribution in [0.5, 0.6) is 0 Å². The third-order valence-corrected chi connectivity index (χ3v) is 5.92. The Labute approximate surface area is 156 Å². The monoisotopic (exact) mass is 367 g/mol. The number of carbonyl (C=O) groups is 1. The summed E-state index contributed by atoms with van der Waals surface area (Å²) in [5.74, 6) is 1.03. The zero-order valence-electron chi connectivity index (χ0n) is 14.7. The molecule has 0 atom stereocenters. The molecule has 2 aromatic heterocycles. The Kier molecular flexibility index (Phi) is 4.46. The molecule has 1 saturated heterocycles. The van der Waals surface area contributed by atoms with Crippen LogP contribution in [0, 0.1) is 0 Å². The molecule has 0 bridgehead atoms. The largest absolute Gasteiger partial charge is 0.399 e. The van der Waals surface area contributed by atoms with Crippen molar-refractivity contribution in [2.45, 2.75) is 13.3 Å². The number of rotatable bonds is 3. The number of anilines is 2. The van der Waals surface area contributed by atoms with Gasteiger partial charge < -0.3 is 15.5 Å². The van der Waals surface area contributed by atoms with E-state index in [-0.39, 0.29) is 5.91 Å². The van der Waals surface area contributed by atoms with Crippen molar-refractivity contribution in [2.24, 2.45) is 0 Å². The first kappa shape index (κ1) is 16.8. The maximum atomic E-state index is 12.7. The lowest BCUT2D eigenvalue weighted by Gasteiger charge is -2.35. The summed E-state index contributed by atoms with van der Waals surface area (Å²) in [4.78, 5) is 28.1. The van der Waals surface area contributed by atoms with Gasteiger partial charge in [0.1, 0.15) is 17.0 Å². The van der Waals surface area contributed by atoms with E-state index in [4.69, 9.17) is 5.73 Å². The van der Waals surface area contributed by atoms with Gasteiger partial charge in [-0.25, -0.2) is 9.97 Å². The number of hydrogen-bond donors (Lipinski definition) is 1. The van der Waals surface area contributed by atoms with Gasteiger partial charge in [-0.05, 0) is 36.8 Å². The molecule has 1 aliphatic rings. The fourth-order valence-corrected chi connectivity index (χ4v) is 4.18. The molecule has 6 nitrogen and oxygen atoms in total. The maximum Gasteiger partial charge on any atom is 0.253 e. The number of nitrogens with two attached hydrogens (primary N) is 1. The molecule has 26 heavy (non-hydrogen) atoms. The number of nitrogens with zero attached hydrogens (tertiary/aromatic N) is 4. The molecule has 1 aliphatic heterocycles. The Hall–Kier alpha value is -2.67. The Morgan fingerprint density at radius 3 is 2.58 bits per heavy atom. The molecule has 1 amide bonds. The van der Waals surface area contributed by atoms with Crippen molar-refractivity contribution in [3.8, 4) is 0 Å². The fraction of sp³-hybridized carbons (Fsp3) is 0.316. The van der Waals surface area contributed by atoms with Gasteiger partial charge in [0.05, 0.1) is 5.39 Å². The fourth-order valence-electron chi connectivity index (χ4n) is 3.25. The van der Waals surface area contributed by atoms with Crippen molar-refractivity contribution in [3.63, 3.8) is 0 Å². The highest BCUT2D eigenvalue weighted by Crippen LogP contribution is 2.31. The molecule has 3 heterocycles. The molecule has 1 fully saturated rings. The number of nitrogen functional groups attached to an aromatic ring is 1. The summed E-state index contributed by atoms with van der Waals surface area (Å²) in [6.07, 6.45) is 2.64. The number of benzene rings is 1. The van der Waals surface area contributed by atoms with Crippen LogP contribution in [0.1, 0.15) is 22.2 Å². The number of piperazine rings is 1. The summed E-state index contributed by atoms with van der Waals surface area (Å²) >= 11 is 1.73. The SMILES string of the molecule is CCc1cc2c(N3CCN(C(=O)c4ccc(N)cc4)CC3)ncnc2s1. The predicted octanol–water partition coefficient (Wildman–Crippen LogP) is 2.80. The zero-order chi connectivity index (χ0) is 18.1. The second-order valence-corrected chi connectivity index (χ2v) is 7.50. The van der Waals surface area contributed by atoms with E-state index in [0.717, 1.165) is 35.5 Å². The van der Waals surface area contributed by atoms with Crippen LogP contribution in [0.2, 0.25) is 0 Å². The molecule has 0 spiro atoms. The Morgan fingerprint density at radius 1 is 1.15 bits per heavy atom. The lowest BCUT2D eigenvalue weighted by Crippen LogP contribution is -2.49. The van der Waals surface area contributed by atoms with Crippen LogP contribution in [-0.4, -0.2) is 47.0 Å². The van der Waals surface area contributed by atoms with Crippen LogP contribution < -0.4 is 10.6 Å². The molecule has 134 valence electrons. The lowest BCUT2D eigenvalue weighted by molar-refractivity contribution is 0.0746. The number of carbonyl (C=O) groups excluding carboxylic acids is 1. The summed E-state index contributed by atoms with van der Waals surface area (Å²) in [5, 5.41) is 1.12. The standard InChI is InChI=1S/C19H21N5OS/c1-2-15-11-16-17(21-12-22-18(16)26-15)23-7-9-24(10-8-23)19(25)13-3-5-14(20)6-4-13/h3-6,11-12H,2,7-10,20H2,1H3. The van der Waals surface area contributed by atoms with E-state index in [1.807, 2.05) is 4.90 Å². The summed E-state index contributed by atoms with van der Waals surface area (Å²) < 4.78 is 0. The second kappa shape index (κ2) is 6.92. The normalized spacial score (nSPS) is 14.8. The average molecular weight is 367 g/mol. The summed E-state index contributed by atoms with van der Waals surface area (Å²) in [6.45, 7) is 5.05. The van der Waals surface area contributed by atoms with E-state index in [1.54, 1.807) is 41.9 Å². The summed E-state index contributed by atoms with van der Waals surface area (Å²) in [5.41, 5.74) is 7.05. The van der Waals surface area contributed by atoms with Gasteiger partial charge in [-0.1, -0.05) is 6.92 Å². The minimum Gasteiger partial charge on any atom is -0.399 e. The van der Waals surface area contributed by atoms with Crippen molar-refractivity contribution >= 4 is 39.0 Å². The van der Waals surface area contributed by atoms with Crippen molar-refractivity contribution in [2.75, 3.05) is 36.8 Å². The number of amides is 1. The smallest absolute Gasteiger partial charge is 0.253 e. The van der Waals surface area contributed by atoms with Gasteiger partial charge in [0.25, 0.3) is 5.91 Å². The van der Waals surface area contributed by atoms with Gasteiger partial charge in [0.2, 0.25) is 0 Å². The maximum absolute atomic E-state index is 12.7. The molecular formula is C19H21N5OS. The van der Waals surface area contributed by atoms with E-state index < -0.39 is 0 Å². The number of fused-ring (bicyclic) bond motifs is 1. The predicted molar refractivity (Wildman–Crippen MR) is 106 cm³/mol. The first-order valence-electron chi connectivity index (χ1n) is 8.79. The first-order valence-corrected chi connectivity index (χ1v) is 9.60. The molecule has 0 aliphatic carbocycles. The number of aryl methyl sites for hydroxylation is 1. The van der Waals surface area contributed by atoms with Gasteiger partial charge in [0, 0.05) is 42.3 Å². The van der Waals surface area contributed by atoms with Crippen molar-refractivity contribution in [3.05, 3.63) is 47.1 Å². The molecule has 2 N–H and O–H groups in total. The molecule has 3 aromatic rings. The van der Waals surface area contributed by atoms with Crippen LogP contribution >= 0.6 is 11.3 Å². The Bertz CT molecular complexity index is 929. The molecule has 0 radical (unpaired) electrons. The number of thiophene rings is 1. The topological polar surface area (TPSA) is 75.3 Å². The van der Waals surface area contributed by atoms with E-state index in [0.29, 0.717) is 24.3 Å². The summed E-state index contributed by atoms with van der Waals surface area (Å²) in [7, 11) is 0. The summed E-state index contributed by atoms with van der Waals surface area (Å²) in [6, 6.07) is 9.30. The molecule has 7 heteroatoms. The quantitative estimate of drug-likeness (QED) is 0.721. The van der Waals surface area contributed by atoms with Gasteiger partial charge in [-0.15, -0.1) is 11.3 Å². The lowest BCUT2D eigenvalue weighted by atomic mass is 10.1. The van der Waals surface area contributed by atoms with Gasteiger partial charge in [-0.3, -0.25) is 4.79 Å².